The van der Waals surface area contributed by atoms with E-state index in [2.05, 4.69) is 4.90 Å². The summed E-state index contributed by atoms with van der Waals surface area (Å²) in [6, 6.07) is 6.61. The summed E-state index contributed by atoms with van der Waals surface area (Å²) in [5.41, 5.74) is 0.487. The molecule has 0 atom stereocenters. The Hall–Kier alpha value is -1.88. The molecule has 5 heteroatoms. The second-order valence-corrected chi connectivity index (χ2v) is 4.37. The summed E-state index contributed by atoms with van der Waals surface area (Å²) in [6.07, 6.45) is 1.89. The van der Waals surface area contributed by atoms with Crippen LogP contribution in [0.25, 0.3) is 6.08 Å². The first kappa shape index (κ1) is 15.2. The zero-order valence-electron chi connectivity index (χ0n) is 11.1. The van der Waals surface area contributed by atoms with E-state index in [1.807, 2.05) is 14.1 Å². The van der Waals surface area contributed by atoms with Crippen molar-refractivity contribution in [3.8, 4) is 5.75 Å². The standard InChI is InChI=1S/C14H18FNO3/c1-16(2)8-3-9-19-12-6-4-11(5-7-12)10-13(15)14(17)18/h4-7,10H,3,8-9H2,1-2H3,(H,17,18). The van der Waals surface area contributed by atoms with Crippen molar-refractivity contribution in [3.05, 3.63) is 35.7 Å². The number of hydrogen-bond acceptors (Lipinski definition) is 3. The molecule has 4 nitrogen and oxygen atoms in total. The van der Waals surface area contributed by atoms with Gasteiger partial charge in [-0.3, -0.25) is 0 Å². The van der Waals surface area contributed by atoms with Crippen molar-refractivity contribution in [2.45, 2.75) is 6.42 Å². The van der Waals surface area contributed by atoms with Crippen molar-refractivity contribution in [1.82, 2.24) is 4.90 Å². The fourth-order valence-corrected chi connectivity index (χ4v) is 1.44. The van der Waals surface area contributed by atoms with Gasteiger partial charge in [0.2, 0.25) is 5.83 Å². The summed E-state index contributed by atoms with van der Waals surface area (Å²) in [5, 5.41) is 8.41. The molecule has 0 spiro atoms. The topological polar surface area (TPSA) is 49.8 Å². The number of benzene rings is 1. The highest BCUT2D eigenvalue weighted by Gasteiger charge is 2.04. The van der Waals surface area contributed by atoms with Gasteiger partial charge in [-0.1, -0.05) is 12.1 Å². The Morgan fingerprint density at radius 1 is 1.37 bits per heavy atom. The first-order valence-corrected chi connectivity index (χ1v) is 5.97. The summed E-state index contributed by atoms with van der Waals surface area (Å²) in [6.45, 7) is 1.56. The molecule has 0 unspecified atom stereocenters. The Morgan fingerprint density at radius 3 is 2.53 bits per heavy atom. The van der Waals surface area contributed by atoms with Crippen LogP contribution in [-0.2, 0) is 4.79 Å². The maximum atomic E-state index is 12.9. The Balaban J connectivity index is 2.48. The average molecular weight is 267 g/mol. The van der Waals surface area contributed by atoms with Gasteiger partial charge >= 0.3 is 5.97 Å². The van der Waals surface area contributed by atoms with Crippen molar-refractivity contribution in [2.75, 3.05) is 27.2 Å². The number of aliphatic carboxylic acids is 1. The average Bonchev–Trinajstić information content (AvgIpc) is 2.36. The largest absolute Gasteiger partial charge is 0.494 e. The minimum absolute atomic E-state index is 0.487. The van der Waals surface area contributed by atoms with E-state index in [1.54, 1.807) is 24.3 Å². The molecule has 1 aromatic carbocycles. The van der Waals surface area contributed by atoms with Crippen LogP contribution in [0.4, 0.5) is 4.39 Å². The van der Waals surface area contributed by atoms with Gasteiger partial charge in [0, 0.05) is 6.54 Å². The molecule has 0 heterocycles. The monoisotopic (exact) mass is 267 g/mol. The zero-order valence-corrected chi connectivity index (χ0v) is 11.1. The molecule has 0 bridgehead atoms. The van der Waals surface area contributed by atoms with E-state index in [9.17, 15) is 9.18 Å². The van der Waals surface area contributed by atoms with Gasteiger partial charge in [0.15, 0.2) is 0 Å². The van der Waals surface area contributed by atoms with Gasteiger partial charge in [0.25, 0.3) is 0 Å². The number of hydrogen-bond donors (Lipinski definition) is 1. The molecule has 0 saturated heterocycles. The van der Waals surface area contributed by atoms with Gasteiger partial charge in [0.05, 0.1) is 6.61 Å². The third-order valence-electron chi connectivity index (χ3n) is 2.40. The molecule has 0 saturated carbocycles. The molecule has 0 aromatic heterocycles. The van der Waals surface area contributed by atoms with Gasteiger partial charge in [-0.15, -0.1) is 0 Å². The lowest BCUT2D eigenvalue weighted by molar-refractivity contribution is -0.134. The van der Waals surface area contributed by atoms with Crippen LogP contribution in [0.15, 0.2) is 30.1 Å². The Kier molecular flexibility index (Phi) is 6.02. The predicted octanol–water partition coefficient (Wildman–Crippen LogP) is 2.41. The molecule has 0 aliphatic carbocycles. The van der Waals surface area contributed by atoms with Crippen LogP contribution in [0.5, 0.6) is 5.75 Å². The molecular formula is C14H18FNO3. The summed E-state index contributed by atoms with van der Waals surface area (Å²) in [4.78, 5) is 12.4. The molecule has 1 aromatic rings. The van der Waals surface area contributed by atoms with Crippen LogP contribution in [-0.4, -0.2) is 43.2 Å². The van der Waals surface area contributed by atoms with Gasteiger partial charge in [-0.25, -0.2) is 4.79 Å². The van der Waals surface area contributed by atoms with Crippen LogP contribution in [0.2, 0.25) is 0 Å². The van der Waals surface area contributed by atoms with Gasteiger partial charge < -0.3 is 14.7 Å². The molecule has 0 amide bonds. The lowest BCUT2D eigenvalue weighted by atomic mass is 10.2. The van der Waals surface area contributed by atoms with Gasteiger partial charge in [0.1, 0.15) is 5.75 Å². The SMILES string of the molecule is CN(C)CCCOc1ccc(C=C(F)C(=O)O)cc1. The number of halogens is 1. The third kappa shape index (κ3) is 6.01. The molecule has 1 rings (SSSR count). The van der Waals surface area contributed by atoms with Crippen LogP contribution in [0.3, 0.4) is 0 Å². The van der Waals surface area contributed by atoms with E-state index in [-0.39, 0.29) is 0 Å². The van der Waals surface area contributed by atoms with Gasteiger partial charge in [-0.2, -0.15) is 4.39 Å². The number of carbonyl (C=O) groups is 1. The van der Waals surface area contributed by atoms with E-state index >= 15 is 0 Å². The number of rotatable bonds is 7. The number of ether oxygens (including phenoxy) is 1. The maximum absolute atomic E-state index is 12.9. The van der Waals surface area contributed by atoms with E-state index in [1.165, 1.54) is 0 Å². The van der Waals surface area contributed by atoms with Crippen LogP contribution in [0, 0.1) is 0 Å². The molecule has 0 fully saturated rings. The smallest absolute Gasteiger partial charge is 0.364 e. The van der Waals surface area contributed by atoms with Crippen LogP contribution >= 0.6 is 0 Å². The van der Waals surface area contributed by atoms with Crippen molar-refractivity contribution in [1.29, 1.82) is 0 Å². The minimum Gasteiger partial charge on any atom is -0.494 e. The molecule has 19 heavy (non-hydrogen) atoms. The number of nitrogens with zero attached hydrogens (tertiary/aromatic N) is 1. The third-order valence-corrected chi connectivity index (χ3v) is 2.40. The van der Waals surface area contributed by atoms with E-state index in [0.29, 0.717) is 17.9 Å². The fourth-order valence-electron chi connectivity index (χ4n) is 1.44. The fraction of sp³-hybridized carbons (Fsp3) is 0.357. The molecule has 0 aliphatic rings. The molecule has 104 valence electrons. The first-order valence-electron chi connectivity index (χ1n) is 5.97. The summed E-state index contributed by atoms with van der Waals surface area (Å²) in [5.74, 6) is -2.06. The predicted molar refractivity (Wildman–Crippen MR) is 71.8 cm³/mol. The Labute approximate surface area is 112 Å². The molecule has 1 N–H and O–H groups in total. The Morgan fingerprint density at radius 2 is 2.00 bits per heavy atom. The van der Waals surface area contributed by atoms with Gasteiger partial charge in [-0.05, 0) is 44.3 Å². The van der Waals surface area contributed by atoms with Crippen molar-refractivity contribution < 1.29 is 19.0 Å². The summed E-state index contributed by atoms with van der Waals surface area (Å²) in [7, 11) is 4.00. The molecule has 0 aliphatic heterocycles. The lowest BCUT2D eigenvalue weighted by Crippen LogP contribution is -2.15. The number of carboxylic acids is 1. The first-order chi connectivity index (χ1) is 8.99. The molecule has 0 radical (unpaired) electrons. The second-order valence-electron chi connectivity index (χ2n) is 4.37. The maximum Gasteiger partial charge on any atom is 0.364 e. The van der Waals surface area contributed by atoms with Crippen LogP contribution in [0.1, 0.15) is 12.0 Å². The quantitative estimate of drug-likeness (QED) is 0.609. The second kappa shape index (κ2) is 7.53. The van der Waals surface area contributed by atoms with Crippen molar-refractivity contribution in [2.24, 2.45) is 0 Å². The highest BCUT2D eigenvalue weighted by molar-refractivity contribution is 5.89. The van der Waals surface area contributed by atoms with Crippen molar-refractivity contribution in [3.63, 3.8) is 0 Å². The van der Waals surface area contributed by atoms with E-state index in [4.69, 9.17) is 9.84 Å². The van der Waals surface area contributed by atoms with E-state index < -0.39 is 11.8 Å². The summed E-state index contributed by atoms with van der Waals surface area (Å²) < 4.78 is 18.4. The van der Waals surface area contributed by atoms with Crippen molar-refractivity contribution >= 4 is 12.0 Å². The highest BCUT2D eigenvalue weighted by Crippen LogP contribution is 2.15. The normalized spacial score (nSPS) is 11.7. The zero-order chi connectivity index (χ0) is 14.3. The van der Waals surface area contributed by atoms with Crippen LogP contribution < -0.4 is 4.74 Å². The minimum atomic E-state index is -1.57. The highest BCUT2D eigenvalue weighted by atomic mass is 19.1. The summed E-state index contributed by atoms with van der Waals surface area (Å²) >= 11 is 0. The Bertz CT molecular complexity index is 441. The van der Waals surface area contributed by atoms with E-state index in [0.717, 1.165) is 19.0 Å². The molecular weight excluding hydrogens is 249 g/mol. The number of carboxylic acid groups (broad SMARTS) is 1. The lowest BCUT2D eigenvalue weighted by Gasteiger charge is -2.10.